The third-order valence-corrected chi connectivity index (χ3v) is 5.49. The van der Waals surface area contributed by atoms with Crippen LogP contribution in [0.5, 0.6) is 0 Å². The summed E-state index contributed by atoms with van der Waals surface area (Å²) in [5.74, 6) is -1.58. The maximum Gasteiger partial charge on any atom is 0.336 e. The fraction of sp³-hybridized carbons (Fsp3) is 0.231. The number of pyridine rings is 1. The van der Waals surface area contributed by atoms with Crippen LogP contribution in [0, 0.1) is 11.3 Å². The van der Waals surface area contributed by atoms with E-state index in [1.165, 1.54) is 0 Å². The van der Waals surface area contributed by atoms with Crippen LogP contribution in [0.25, 0.3) is 6.08 Å². The molecule has 2 aromatic rings. The average Bonchev–Trinajstić information content (AvgIpc) is 2.82. The van der Waals surface area contributed by atoms with Crippen LogP contribution >= 0.6 is 11.6 Å². The molecule has 0 radical (unpaired) electrons. The average molecular weight is 477 g/mol. The quantitative estimate of drug-likeness (QED) is 0.436. The SMILES string of the molecule is CC1=C(C(=O)NC/C=C/c2ccncc2)C(c2cccc(Cl)c2)C(C(=O)OCCC#N)=C(C)N1. The van der Waals surface area contributed by atoms with Crippen molar-refractivity contribution in [3.8, 4) is 6.07 Å². The number of nitrogens with zero attached hydrogens (tertiary/aromatic N) is 2. The number of hydrogen-bond acceptors (Lipinski definition) is 6. The van der Waals surface area contributed by atoms with Gasteiger partial charge >= 0.3 is 5.97 Å². The van der Waals surface area contributed by atoms with Gasteiger partial charge in [0.2, 0.25) is 5.91 Å². The summed E-state index contributed by atoms with van der Waals surface area (Å²) in [7, 11) is 0. The maximum atomic E-state index is 13.3. The molecule has 1 aliphatic heterocycles. The second kappa shape index (κ2) is 11.8. The number of hydrogen-bond donors (Lipinski definition) is 2. The Hall–Kier alpha value is -3.89. The number of esters is 1. The summed E-state index contributed by atoms with van der Waals surface area (Å²) in [6.45, 7) is 3.82. The van der Waals surface area contributed by atoms with Crippen molar-refractivity contribution in [2.75, 3.05) is 13.2 Å². The number of carbonyl (C=O) groups excluding carboxylic acids is 2. The van der Waals surface area contributed by atoms with Crippen molar-refractivity contribution in [1.29, 1.82) is 5.26 Å². The Kier molecular flexibility index (Phi) is 8.60. The number of nitriles is 1. The first-order valence-corrected chi connectivity index (χ1v) is 11.1. The number of dihydropyridines is 1. The Labute approximate surface area is 203 Å². The number of benzene rings is 1. The fourth-order valence-corrected chi connectivity index (χ4v) is 3.97. The van der Waals surface area contributed by atoms with Crippen molar-refractivity contribution in [3.05, 3.63) is 93.6 Å². The van der Waals surface area contributed by atoms with E-state index in [-0.39, 0.29) is 18.9 Å². The zero-order chi connectivity index (χ0) is 24.5. The Morgan fingerprint density at radius 3 is 2.65 bits per heavy atom. The molecule has 0 bridgehead atoms. The van der Waals surface area contributed by atoms with Crippen molar-refractivity contribution >= 4 is 29.6 Å². The molecule has 3 rings (SSSR count). The second-order valence-electron chi connectivity index (χ2n) is 7.63. The molecule has 0 fully saturated rings. The van der Waals surface area contributed by atoms with E-state index >= 15 is 0 Å². The molecule has 34 heavy (non-hydrogen) atoms. The lowest BCUT2D eigenvalue weighted by molar-refractivity contribution is -0.139. The van der Waals surface area contributed by atoms with Crippen molar-refractivity contribution in [2.45, 2.75) is 26.2 Å². The van der Waals surface area contributed by atoms with Gasteiger partial charge in [0.25, 0.3) is 0 Å². The summed E-state index contributed by atoms with van der Waals surface area (Å²) in [6.07, 6.45) is 7.20. The predicted molar refractivity (Wildman–Crippen MR) is 130 cm³/mol. The lowest BCUT2D eigenvalue weighted by atomic mass is 9.80. The highest BCUT2D eigenvalue weighted by Gasteiger charge is 2.37. The van der Waals surface area contributed by atoms with E-state index < -0.39 is 11.9 Å². The molecule has 0 spiro atoms. The molecule has 1 aromatic carbocycles. The van der Waals surface area contributed by atoms with Gasteiger partial charge in [-0.2, -0.15) is 5.26 Å². The molecule has 0 saturated carbocycles. The monoisotopic (exact) mass is 476 g/mol. The highest BCUT2D eigenvalue weighted by atomic mass is 35.5. The number of nitrogens with one attached hydrogen (secondary N) is 2. The molecule has 0 saturated heterocycles. The topological polar surface area (TPSA) is 104 Å². The summed E-state index contributed by atoms with van der Waals surface area (Å²) in [5, 5.41) is 15.3. The zero-order valence-corrected chi connectivity index (χ0v) is 19.7. The van der Waals surface area contributed by atoms with Crippen LogP contribution in [0.4, 0.5) is 0 Å². The van der Waals surface area contributed by atoms with Gasteiger partial charge in [0, 0.05) is 40.9 Å². The first kappa shape index (κ1) is 24.7. The minimum absolute atomic E-state index is 0.0294. The Balaban J connectivity index is 1.89. The van der Waals surface area contributed by atoms with Crippen LogP contribution in [-0.4, -0.2) is 30.0 Å². The van der Waals surface area contributed by atoms with Crippen molar-refractivity contribution in [2.24, 2.45) is 0 Å². The lowest BCUT2D eigenvalue weighted by Gasteiger charge is -2.31. The molecule has 8 heteroatoms. The molecule has 1 amide bonds. The number of aromatic nitrogens is 1. The largest absolute Gasteiger partial charge is 0.461 e. The number of allylic oxidation sites excluding steroid dienone is 2. The van der Waals surface area contributed by atoms with E-state index in [1.54, 1.807) is 44.4 Å². The van der Waals surface area contributed by atoms with Crippen molar-refractivity contribution in [1.82, 2.24) is 15.6 Å². The summed E-state index contributed by atoms with van der Waals surface area (Å²) in [4.78, 5) is 30.3. The first-order valence-electron chi connectivity index (χ1n) is 10.7. The Morgan fingerprint density at radius 2 is 1.94 bits per heavy atom. The molecule has 2 N–H and O–H groups in total. The molecule has 1 aromatic heterocycles. The van der Waals surface area contributed by atoms with Gasteiger partial charge < -0.3 is 15.4 Å². The first-order chi connectivity index (χ1) is 16.4. The highest BCUT2D eigenvalue weighted by Crippen LogP contribution is 2.39. The third kappa shape index (κ3) is 6.12. The molecule has 1 atom stereocenters. The highest BCUT2D eigenvalue weighted by molar-refractivity contribution is 6.30. The predicted octanol–water partition coefficient (Wildman–Crippen LogP) is 4.26. The minimum atomic E-state index is -0.682. The van der Waals surface area contributed by atoms with Gasteiger partial charge in [0.1, 0.15) is 6.61 Å². The second-order valence-corrected chi connectivity index (χ2v) is 8.06. The van der Waals surface area contributed by atoms with Gasteiger partial charge in [-0.05, 0) is 49.2 Å². The molecular weight excluding hydrogens is 452 g/mol. The summed E-state index contributed by atoms with van der Waals surface area (Å²) < 4.78 is 5.32. The third-order valence-electron chi connectivity index (χ3n) is 5.25. The van der Waals surface area contributed by atoms with E-state index in [4.69, 9.17) is 21.6 Å². The van der Waals surface area contributed by atoms with Crippen LogP contribution in [0.3, 0.4) is 0 Å². The van der Waals surface area contributed by atoms with E-state index in [9.17, 15) is 9.59 Å². The van der Waals surface area contributed by atoms with Crippen LogP contribution < -0.4 is 10.6 Å². The molecule has 7 nitrogen and oxygen atoms in total. The van der Waals surface area contributed by atoms with Gasteiger partial charge in [-0.25, -0.2) is 4.79 Å². The van der Waals surface area contributed by atoms with Crippen molar-refractivity contribution in [3.63, 3.8) is 0 Å². The molecule has 2 heterocycles. The van der Waals surface area contributed by atoms with Crippen LogP contribution in [0.15, 0.2) is 77.4 Å². The van der Waals surface area contributed by atoms with Crippen molar-refractivity contribution < 1.29 is 14.3 Å². The summed E-state index contributed by atoms with van der Waals surface area (Å²) >= 11 is 6.24. The molecule has 1 unspecified atom stereocenters. The number of halogens is 1. The number of ether oxygens (including phenoxy) is 1. The molecule has 174 valence electrons. The fourth-order valence-electron chi connectivity index (χ4n) is 3.77. The molecule has 0 aliphatic carbocycles. The zero-order valence-electron chi connectivity index (χ0n) is 19.0. The summed E-state index contributed by atoms with van der Waals surface area (Å²) in [6, 6.07) is 12.7. The lowest BCUT2D eigenvalue weighted by Crippen LogP contribution is -2.36. The number of amides is 1. The smallest absolute Gasteiger partial charge is 0.336 e. The number of carbonyl (C=O) groups is 2. The van der Waals surface area contributed by atoms with Gasteiger partial charge in [-0.1, -0.05) is 35.9 Å². The maximum absolute atomic E-state index is 13.3. The van der Waals surface area contributed by atoms with E-state index in [2.05, 4.69) is 15.6 Å². The molecule has 1 aliphatic rings. The van der Waals surface area contributed by atoms with E-state index in [1.807, 2.05) is 36.4 Å². The van der Waals surface area contributed by atoms with Crippen LogP contribution in [0.1, 0.15) is 37.3 Å². The van der Waals surface area contributed by atoms with Gasteiger partial charge in [-0.15, -0.1) is 0 Å². The Morgan fingerprint density at radius 1 is 1.21 bits per heavy atom. The number of rotatable bonds is 8. The van der Waals surface area contributed by atoms with Crippen LogP contribution in [0.2, 0.25) is 5.02 Å². The Bertz CT molecular complexity index is 1200. The summed E-state index contributed by atoms with van der Waals surface area (Å²) in [5.41, 5.74) is 3.58. The minimum Gasteiger partial charge on any atom is -0.461 e. The van der Waals surface area contributed by atoms with Gasteiger partial charge in [-0.3, -0.25) is 9.78 Å². The molecular formula is C26H25ClN4O3. The van der Waals surface area contributed by atoms with Gasteiger partial charge in [0.15, 0.2) is 0 Å². The van der Waals surface area contributed by atoms with E-state index in [0.717, 1.165) is 5.56 Å². The van der Waals surface area contributed by atoms with Crippen LogP contribution in [-0.2, 0) is 14.3 Å². The normalized spacial score (nSPS) is 15.6. The standard InChI is InChI=1S/C26H25ClN4O3/c1-17-22(25(32)30-12-4-6-19-9-13-29-14-10-19)24(20-7-3-8-21(27)16-20)23(18(2)31-17)26(33)34-15-5-11-28/h3-4,6-10,13-14,16,24,31H,5,12,15H2,1-2H3,(H,30,32)/b6-4+. The van der Waals surface area contributed by atoms with E-state index in [0.29, 0.717) is 39.7 Å². The van der Waals surface area contributed by atoms with Gasteiger partial charge in [0.05, 0.1) is 24.0 Å².